The second kappa shape index (κ2) is 25.2. The van der Waals surface area contributed by atoms with Crippen molar-refractivity contribution in [3.63, 3.8) is 0 Å². The molecule has 3 aliphatic heterocycles. The maximum atomic E-state index is 15.0. The van der Waals surface area contributed by atoms with E-state index in [-0.39, 0.29) is 62.9 Å². The number of nitrogens with one attached hydrogen (secondary N) is 1. The molecule has 3 unspecified atom stereocenters. The van der Waals surface area contributed by atoms with E-state index in [2.05, 4.69) is 63.9 Å². The van der Waals surface area contributed by atoms with Gasteiger partial charge in [-0.15, -0.1) is 22.8 Å². The van der Waals surface area contributed by atoms with Crippen molar-refractivity contribution in [3.05, 3.63) is 69.8 Å². The molecule has 3 atom stereocenters. The monoisotopic (exact) mass is 784 g/mol. The Hall–Kier alpha value is -2.23. The third-order valence-corrected chi connectivity index (χ3v) is 10.7. The Bertz CT molecular complexity index is 1640. The number of aliphatic imine (C=N–C) groups is 1. The number of likely N-dealkylation sites (tertiary alicyclic amines) is 2. The summed E-state index contributed by atoms with van der Waals surface area (Å²) in [4.78, 5) is 22.3. The molecular weight excluding hydrogens is 715 g/mol. The van der Waals surface area contributed by atoms with Crippen molar-refractivity contribution in [2.75, 3.05) is 20.1 Å². The minimum absolute atomic E-state index is 0. The van der Waals surface area contributed by atoms with Crippen LogP contribution in [-0.4, -0.2) is 53.8 Å². The number of nitrogens with two attached hydrogens (primary N) is 1. The number of fused-ring (bicyclic) bond motifs is 1. The van der Waals surface area contributed by atoms with E-state index in [1.807, 2.05) is 41.4 Å². The van der Waals surface area contributed by atoms with Gasteiger partial charge in [0.05, 0.1) is 18.2 Å². The molecule has 0 radical (unpaired) electrons. The Morgan fingerprint density at radius 1 is 1.15 bits per heavy atom. The third-order valence-electron chi connectivity index (χ3n) is 10.7. The quantitative estimate of drug-likeness (QED) is 0.0964. The molecule has 2 aromatic rings. The molecule has 0 aromatic heterocycles. The maximum Gasteiger partial charge on any atom is 1.00 e. The van der Waals surface area contributed by atoms with Crippen molar-refractivity contribution in [1.29, 1.82) is 5.26 Å². The summed E-state index contributed by atoms with van der Waals surface area (Å²) in [6.45, 7) is 28.8. The van der Waals surface area contributed by atoms with Crippen LogP contribution in [0.4, 0.5) is 4.39 Å². The minimum Gasteiger partial charge on any atom is -0.438 e. The molecule has 3 aliphatic rings. The van der Waals surface area contributed by atoms with Crippen LogP contribution < -0.4 is 62.4 Å². The SMILES string of the molecule is CC.CC.CCC(C)C.CCc1[c-]c(/C(=N\[CH-]N2CCC(CC)C2C)NC2CCCN(C)C2=O)c2c(c1-c1ccc(F)c(C)c1/C(C#N)=C(\C)N)COC2.[K+]. The molecule has 8 nitrogen and oxygen atoms in total. The number of rotatable bonds is 9. The Labute approximate surface area is 376 Å². The maximum absolute atomic E-state index is 15.0. The van der Waals surface area contributed by atoms with Crippen molar-refractivity contribution < 1.29 is 65.3 Å². The molecule has 55 heavy (non-hydrogen) atoms. The van der Waals surface area contributed by atoms with Crippen molar-refractivity contribution in [2.24, 2.45) is 22.6 Å². The zero-order chi connectivity index (χ0) is 40.7. The number of carbonyl (C=O) groups is 1. The first-order chi connectivity index (χ1) is 25.9. The first kappa shape index (κ1) is 50.8. The number of aryl methyl sites for hydroxylation is 1. The summed E-state index contributed by atoms with van der Waals surface area (Å²) >= 11 is 0. The van der Waals surface area contributed by atoms with Gasteiger partial charge in [-0.05, 0) is 87.0 Å². The molecule has 2 aromatic carbocycles. The number of nitrogens with zero attached hydrogens (tertiary/aromatic N) is 4. The van der Waals surface area contributed by atoms with Gasteiger partial charge in [-0.3, -0.25) is 4.79 Å². The molecule has 3 heterocycles. The molecule has 300 valence electrons. The molecule has 1 amide bonds. The summed E-state index contributed by atoms with van der Waals surface area (Å²) in [5, 5.41) is 13.6. The fourth-order valence-electron chi connectivity index (χ4n) is 7.07. The van der Waals surface area contributed by atoms with E-state index in [0.717, 1.165) is 78.1 Å². The number of ether oxygens (including phenoxy) is 1. The summed E-state index contributed by atoms with van der Waals surface area (Å²) in [6.07, 6.45) is 5.81. The molecule has 2 saturated heterocycles. The van der Waals surface area contributed by atoms with Crippen LogP contribution in [-0.2, 0) is 29.2 Å². The van der Waals surface area contributed by atoms with Gasteiger partial charge in [-0.25, -0.2) is 4.39 Å². The van der Waals surface area contributed by atoms with Gasteiger partial charge in [0.15, 0.2) is 0 Å². The predicted octanol–water partition coefficient (Wildman–Crippen LogP) is 6.71. The van der Waals surface area contributed by atoms with Gasteiger partial charge < -0.3 is 30.6 Å². The number of carbonyl (C=O) groups excluding carboxylic acids is 1. The van der Waals surface area contributed by atoms with Crippen LogP contribution in [0.5, 0.6) is 0 Å². The molecule has 0 spiro atoms. The second-order valence-electron chi connectivity index (χ2n) is 14.4. The Balaban J connectivity index is 0.00000138. The molecular formula is C45H69FKN6O2-. The molecule has 5 rings (SSSR count). The van der Waals surface area contributed by atoms with Crippen molar-refractivity contribution in [2.45, 2.75) is 147 Å². The van der Waals surface area contributed by atoms with E-state index in [9.17, 15) is 14.4 Å². The number of hydrogen-bond donors (Lipinski definition) is 2. The number of allylic oxidation sites excluding steroid dienone is 2. The minimum atomic E-state index is -0.396. The Kier molecular flexibility index (Phi) is 23.3. The molecule has 0 saturated carbocycles. The van der Waals surface area contributed by atoms with Gasteiger partial charge >= 0.3 is 51.4 Å². The normalized spacial score (nSPS) is 19.7. The van der Waals surface area contributed by atoms with Crippen LogP contribution in [0.25, 0.3) is 16.7 Å². The van der Waals surface area contributed by atoms with E-state index >= 15 is 0 Å². The zero-order valence-corrected chi connectivity index (χ0v) is 39.8. The van der Waals surface area contributed by atoms with E-state index < -0.39 is 11.9 Å². The first-order valence-electron chi connectivity index (χ1n) is 20.4. The number of likely N-dealkylation sites (N-methyl/N-ethyl adjacent to an activating group) is 1. The number of piperidine rings is 1. The fraction of sp³-hybridized carbons (Fsp3) is 0.600. The number of halogens is 1. The summed E-state index contributed by atoms with van der Waals surface area (Å²) in [5.41, 5.74) is 12.8. The molecule has 10 heteroatoms. The number of amides is 1. The fourth-order valence-corrected chi connectivity index (χ4v) is 7.07. The molecule has 0 bridgehead atoms. The standard InChI is InChI=1S/C36H45FN6O2.C5H12.2C2H6.K/c1-7-24-13-15-43(23(24)5)20-40-35(41-32-10-9-14-42(6)36(32)44)27-16-25(8-2)34(30-19-45-18-29(27)30)26-11-12-31(37)21(3)33(26)28(17-38)22(4)39;1-4-5(2)3;2*1-2;/h11-12,20,23-24,32H,7-10,13-15,18-19,39H2,1-6H3,(H,40,41);5H,4H2,1-3H3;2*1-2H3;/q-2;;;;+1/b28-22+;;;;. The number of nitriles is 1. The number of hydrogen-bond acceptors (Lipinski definition) is 6. The van der Waals surface area contributed by atoms with Crippen molar-refractivity contribution in [1.82, 2.24) is 15.1 Å². The Morgan fingerprint density at radius 3 is 2.33 bits per heavy atom. The average molecular weight is 784 g/mol. The largest absolute Gasteiger partial charge is 1.00 e. The van der Waals surface area contributed by atoms with Crippen LogP contribution in [0.1, 0.15) is 142 Å². The van der Waals surface area contributed by atoms with Crippen molar-refractivity contribution in [3.8, 4) is 17.2 Å². The van der Waals surface area contributed by atoms with Crippen LogP contribution in [0.3, 0.4) is 0 Å². The summed E-state index contributed by atoms with van der Waals surface area (Å²) in [5.74, 6) is 1.76. The van der Waals surface area contributed by atoms with Crippen molar-refractivity contribution >= 4 is 17.3 Å². The van der Waals surface area contributed by atoms with Gasteiger partial charge in [0.25, 0.3) is 0 Å². The van der Waals surface area contributed by atoms with Crippen LogP contribution in [0.15, 0.2) is 22.8 Å². The van der Waals surface area contributed by atoms with Crippen LogP contribution >= 0.6 is 0 Å². The zero-order valence-electron chi connectivity index (χ0n) is 36.7. The van der Waals surface area contributed by atoms with Gasteiger partial charge in [-0.2, -0.15) is 5.26 Å². The van der Waals surface area contributed by atoms with Gasteiger partial charge in [-0.1, -0.05) is 112 Å². The first-order valence-corrected chi connectivity index (χ1v) is 20.4. The smallest absolute Gasteiger partial charge is 0.438 e. The summed E-state index contributed by atoms with van der Waals surface area (Å²) in [7, 11) is 1.84. The summed E-state index contributed by atoms with van der Waals surface area (Å²) < 4.78 is 21.0. The van der Waals surface area contributed by atoms with Gasteiger partial charge in [0.1, 0.15) is 11.9 Å². The second-order valence-corrected chi connectivity index (χ2v) is 14.4. The predicted molar refractivity (Wildman–Crippen MR) is 223 cm³/mol. The van der Waals surface area contributed by atoms with E-state index in [1.165, 1.54) is 12.5 Å². The number of amidine groups is 1. The summed E-state index contributed by atoms with van der Waals surface area (Å²) in [6, 6.07) is 9.04. The van der Waals surface area contributed by atoms with E-state index in [0.29, 0.717) is 54.3 Å². The topological polar surface area (TPSA) is 107 Å². The third kappa shape index (κ3) is 12.6. The average Bonchev–Trinajstić information content (AvgIpc) is 3.81. The Morgan fingerprint density at radius 2 is 1.78 bits per heavy atom. The number of benzene rings is 2. The molecule has 3 N–H and O–H groups in total. The molecule has 2 fully saturated rings. The van der Waals surface area contributed by atoms with E-state index in [4.69, 9.17) is 15.5 Å². The van der Waals surface area contributed by atoms with Gasteiger partial charge in [0.2, 0.25) is 5.91 Å². The van der Waals surface area contributed by atoms with Gasteiger partial charge in [0, 0.05) is 25.9 Å². The molecule has 0 aliphatic carbocycles. The van der Waals surface area contributed by atoms with E-state index in [1.54, 1.807) is 24.8 Å². The van der Waals surface area contributed by atoms with Crippen LogP contribution in [0.2, 0.25) is 0 Å². The van der Waals surface area contributed by atoms with Crippen LogP contribution in [0, 0.1) is 48.6 Å².